The highest BCUT2D eigenvalue weighted by molar-refractivity contribution is 5.82. The first kappa shape index (κ1) is 7.77. The molecule has 1 aliphatic rings. The molecular weight excluding hydrogens is 122 g/mol. The highest BCUT2D eigenvalue weighted by Crippen LogP contribution is 2.20. The Bertz CT molecular complexity index is 110. The van der Waals surface area contributed by atoms with Gasteiger partial charge in [0, 0.05) is 18.2 Å². The number of hydrogen-bond acceptors (Lipinski definition) is 1. The van der Waals surface area contributed by atoms with Crippen molar-refractivity contribution in [2.24, 2.45) is 4.99 Å². The Hall–Kier alpha value is -0.330. The molecule has 0 atom stereocenters. The van der Waals surface area contributed by atoms with Gasteiger partial charge in [-0.15, -0.1) is 0 Å². The monoisotopic (exact) mass is 134 g/mol. The zero-order valence-corrected chi connectivity index (χ0v) is 6.41. The number of rotatable bonds is 2. The summed E-state index contributed by atoms with van der Waals surface area (Å²) in [6.07, 6.45) is 10.0. The molecule has 0 aliphatic heterocycles. The molecule has 1 rings (SSSR count). The molecule has 0 aromatic heterocycles. The van der Waals surface area contributed by atoms with Crippen molar-refractivity contribution >= 4 is 6.21 Å². The lowest BCUT2D eigenvalue weighted by atomic mass is 10.1. The number of aliphatic imine (C=N–C) groups is 1. The summed E-state index contributed by atoms with van der Waals surface area (Å²) < 4.78 is 0. The predicted molar refractivity (Wildman–Crippen MR) is 44.1 cm³/mol. The van der Waals surface area contributed by atoms with Crippen LogP contribution in [0.4, 0.5) is 0 Å². The molecule has 0 heterocycles. The Morgan fingerprint density at radius 1 is 1.30 bits per heavy atom. The van der Waals surface area contributed by atoms with Gasteiger partial charge >= 0.3 is 0 Å². The molecule has 5 radical (unpaired) electrons. The number of nitrogens with zero attached hydrogens (tertiary/aromatic N) is 1. The van der Waals surface area contributed by atoms with Crippen molar-refractivity contribution in [2.75, 3.05) is 0 Å². The molecule has 0 amide bonds. The van der Waals surface area contributed by atoms with E-state index in [0.717, 1.165) is 0 Å². The van der Waals surface area contributed by atoms with E-state index in [4.69, 9.17) is 0 Å². The first-order chi connectivity index (χ1) is 4.79. The van der Waals surface area contributed by atoms with Crippen molar-refractivity contribution in [3.8, 4) is 0 Å². The van der Waals surface area contributed by atoms with Gasteiger partial charge in [0.1, 0.15) is 0 Å². The predicted octanol–water partition coefficient (Wildman–Crippen LogP) is 1.87. The lowest BCUT2D eigenvalue weighted by Gasteiger charge is -1.99. The van der Waals surface area contributed by atoms with Crippen LogP contribution in [0.3, 0.4) is 0 Å². The zero-order valence-electron chi connectivity index (χ0n) is 6.41. The lowest BCUT2D eigenvalue weighted by Crippen LogP contribution is -1.96. The van der Waals surface area contributed by atoms with Crippen molar-refractivity contribution in [3.63, 3.8) is 0 Å². The van der Waals surface area contributed by atoms with Crippen molar-refractivity contribution in [3.05, 3.63) is 31.6 Å². The zero-order chi connectivity index (χ0) is 7.40. The molecule has 0 spiro atoms. The Balaban J connectivity index is 2.23. The molecule has 0 bridgehead atoms. The van der Waals surface area contributed by atoms with Gasteiger partial charge in [-0.3, -0.25) is 4.99 Å². The molecule has 1 saturated carbocycles. The van der Waals surface area contributed by atoms with Gasteiger partial charge in [-0.1, -0.05) is 0 Å². The average molecular weight is 134 g/mol. The fraction of sp³-hybridized carbons (Fsp3) is 0.333. The van der Waals surface area contributed by atoms with Crippen LogP contribution in [0.5, 0.6) is 0 Å². The Labute approximate surface area is 63.5 Å². The third-order valence-electron chi connectivity index (χ3n) is 1.21. The minimum atomic E-state index is 0.398. The van der Waals surface area contributed by atoms with Gasteiger partial charge in [-0.2, -0.15) is 0 Å². The van der Waals surface area contributed by atoms with Crippen molar-refractivity contribution < 1.29 is 0 Å². The van der Waals surface area contributed by atoms with E-state index in [1.54, 1.807) is 0 Å². The molecule has 0 aromatic carbocycles. The van der Waals surface area contributed by atoms with Crippen LogP contribution in [0.1, 0.15) is 13.8 Å². The second-order valence-electron chi connectivity index (χ2n) is 2.59. The van der Waals surface area contributed by atoms with Crippen LogP contribution in [-0.4, -0.2) is 12.3 Å². The minimum absolute atomic E-state index is 0.398. The first-order valence-corrected chi connectivity index (χ1v) is 3.54. The third-order valence-corrected chi connectivity index (χ3v) is 1.21. The van der Waals surface area contributed by atoms with Crippen molar-refractivity contribution in [1.82, 2.24) is 0 Å². The van der Waals surface area contributed by atoms with Gasteiger partial charge in [-0.05, 0) is 39.5 Å². The van der Waals surface area contributed by atoms with Crippen LogP contribution in [0, 0.1) is 31.6 Å². The molecule has 1 heteroatoms. The SMILES string of the molecule is CC(C)N=C[C]1[CH][CH][CH][CH]1. The molecule has 1 nitrogen and oxygen atoms in total. The standard InChI is InChI=1S/C9H12N/c1-8(2)10-7-9-5-3-4-6-9/h3-8H,1-2H3. The minimum Gasteiger partial charge on any atom is -0.294 e. The molecule has 1 aliphatic carbocycles. The number of hydrogen-bond donors (Lipinski definition) is 0. The maximum atomic E-state index is 4.24. The van der Waals surface area contributed by atoms with Crippen molar-refractivity contribution in [2.45, 2.75) is 19.9 Å². The molecular formula is C9H12N. The maximum Gasteiger partial charge on any atom is 0.0439 e. The summed E-state index contributed by atoms with van der Waals surface area (Å²) >= 11 is 0. The van der Waals surface area contributed by atoms with E-state index in [9.17, 15) is 0 Å². The van der Waals surface area contributed by atoms with E-state index in [0.29, 0.717) is 6.04 Å². The topological polar surface area (TPSA) is 12.4 Å². The Morgan fingerprint density at radius 2 is 1.90 bits per heavy atom. The van der Waals surface area contributed by atoms with E-state index < -0.39 is 0 Å². The molecule has 0 N–H and O–H groups in total. The molecule has 0 aromatic rings. The van der Waals surface area contributed by atoms with E-state index in [-0.39, 0.29) is 0 Å². The van der Waals surface area contributed by atoms with Gasteiger partial charge in [0.2, 0.25) is 0 Å². The molecule has 10 heavy (non-hydrogen) atoms. The highest BCUT2D eigenvalue weighted by Gasteiger charge is 2.13. The van der Waals surface area contributed by atoms with Gasteiger partial charge in [0.15, 0.2) is 0 Å². The Kier molecular flexibility index (Phi) is 2.91. The average Bonchev–Trinajstić information content (AvgIpc) is 2.34. The second-order valence-corrected chi connectivity index (χ2v) is 2.59. The highest BCUT2D eigenvalue weighted by atomic mass is 14.7. The van der Waals surface area contributed by atoms with Crippen LogP contribution in [0.15, 0.2) is 4.99 Å². The fourth-order valence-corrected chi connectivity index (χ4v) is 0.710. The largest absolute Gasteiger partial charge is 0.294 e. The summed E-state index contributed by atoms with van der Waals surface area (Å²) in [4.78, 5) is 4.24. The van der Waals surface area contributed by atoms with E-state index in [2.05, 4.69) is 18.8 Å². The first-order valence-electron chi connectivity index (χ1n) is 3.54. The summed E-state index contributed by atoms with van der Waals surface area (Å²) in [5.41, 5.74) is 0. The summed E-state index contributed by atoms with van der Waals surface area (Å²) in [6.45, 7) is 4.14. The van der Waals surface area contributed by atoms with Crippen LogP contribution in [-0.2, 0) is 0 Å². The van der Waals surface area contributed by atoms with E-state index >= 15 is 0 Å². The van der Waals surface area contributed by atoms with E-state index in [1.165, 1.54) is 5.92 Å². The maximum absolute atomic E-state index is 4.24. The molecule has 53 valence electrons. The van der Waals surface area contributed by atoms with Crippen LogP contribution < -0.4 is 0 Å². The van der Waals surface area contributed by atoms with Crippen LogP contribution in [0.2, 0.25) is 0 Å². The summed E-state index contributed by atoms with van der Waals surface area (Å²) in [5.74, 6) is 1.19. The molecule has 1 fully saturated rings. The third kappa shape index (κ3) is 2.51. The van der Waals surface area contributed by atoms with E-state index in [1.807, 2.05) is 31.9 Å². The van der Waals surface area contributed by atoms with Gasteiger partial charge in [-0.25, -0.2) is 0 Å². The van der Waals surface area contributed by atoms with Crippen molar-refractivity contribution in [1.29, 1.82) is 0 Å². The van der Waals surface area contributed by atoms with Gasteiger partial charge in [0.25, 0.3) is 0 Å². The summed E-state index contributed by atoms with van der Waals surface area (Å²) in [6, 6.07) is 0.398. The normalized spacial score (nSPS) is 21.5. The summed E-state index contributed by atoms with van der Waals surface area (Å²) in [7, 11) is 0. The smallest absolute Gasteiger partial charge is 0.0439 e. The molecule has 0 unspecified atom stereocenters. The quantitative estimate of drug-likeness (QED) is 0.511. The van der Waals surface area contributed by atoms with Crippen LogP contribution in [0.25, 0.3) is 0 Å². The Morgan fingerprint density at radius 3 is 2.40 bits per heavy atom. The van der Waals surface area contributed by atoms with Gasteiger partial charge in [0.05, 0.1) is 0 Å². The lowest BCUT2D eigenvalue weighted by molar-refractivity contribution is 0.839. The van der Waals surface area contributed by atoms with Gasteiger partial charge < -0.3 is 0 Å². The summed E-state index contributed by atoms with van der Waals surface area (Å²) in [5, 5.41) is 0. The van der Waals surface area contributed by atoms with Crippen LogP contribution >= 0.6 is 0 Å². The second kappa shape index (κ2) is 3.75. The molecule has 0 saturated heterocycles. The fourth-order valence-electron chi connectivity index (χ4n) is 0.710.